The van der Waals surface area contributed by atoms with Gasteiger partial charge in [-0.1, -0.05) is 0 Å². The molecule has 0 bridgehead atoms. The van der Waals surface area contributed by atoms with E-state index in [-0.39, 0.29) is 12.0 Å². The van der Waals surface area contributed by atoms with Gasteiger partial charge in [0, 0.05) is 6.04 Å². The van der Waals surface area contributed by atoms with Crippen LogP contribution in [-0.2, 0) is 14.3 Å². The molecule has 2 aliphatic rings. The van der Waals surface area contributed by atoms with Gasteiger partial charge in [-0.15, -0.1) is 0 Å². The summed E-state index contributed by atoms with van der Waals surface area (Å²) in [5.41, 5.74) is 4.64. The first-order valence-electron chi connectivity index (χ1n) is 5.37. The van der Waals surface area contributed by atoms with Gasteiger partial charge in [-0.3, -0.25) is 10.1 Å². The van der Waals surface area contributed by atoms with Crippen LogP contribution in [0.4, 0.5) is 0 Å². The van der Waals surface area contributed by atoms with Crippen LogP contribution in [0.1, 0.15) is 19.8 Å². The average Bonchev–Trinajstić information content (AvgIpc) is 2.85. The number of primary amides is 1. The van der Waals surface area contributed by atoms with E-state index in [2.05, 4.69) is 5.32 Å². The molecule has 1 saturated carbocycles. The predicted molar refractivity (Wildman–Crippen MR) is 54.3 cm³/mol. The number of hydrogen-bond donors (Lipinski definition) is 2. The van der Waals surface area contributed by atoms with Crippen LogP contribution in [0.5, 0.6) is 0 Å². The highest BCUT2D eigenvalue weighted by molar-refractivity contribution is 5.84. The molecule has 1 amide bonds. The Morgan fingerprint density at radius 3 is 2.67 bits per heavy atom. The molecule has 0 aromatic carbocycles. The number of carbonyl (C=O) groups excluding carboxylic acids is 1. The fourth-order valence-electron chi connectivity index (χ4n) is 1.46. The van der Waals surface area contributed by atoms with E-state index in [1.165, 1.54) is 0 Å². The number of rotatable bonds is 6. The van der Waals surface area contributed by atoms with Gasteiger partial charge in [-0.05, 0) is 19.8 Å². The fourth-order valence-corrected chi connectivity index (χ4v) is 1.46. The molecule has 3 N–H and O–H groups in total. The van der Waals surface area contributed by atoms with Crippen molar-refractivity contribution in [1.29, 1.82) is 0 Å². The van der Waals surface area contributed by atoms with Crippen LogP contribution >= 0.6 is 0 Å². The monoisotopic (exact) mass is 214 g/mol. The first kappa shape index (κ1) is 10.9. The SMILES string of the molecule is CC(COC1COC1)(NC1CC1)C(N)=O. The van der Waals surface area contributed by atoms with Crippen LogP contribution in [0.15, 0.2) is 0 Å². The minimum absolute atomic E-state index is 0.129. The maximum absolute atomic E-state index is 11.4. The second-order valence-electron chi connectivity index (χ2n) is 4.59. The molecular weight excluding hydrogens is 196 g/mol. The third-order valence-electron chi connectivity index (χ3n) is 2.86. The highest BCUT2D eigenvalue weighted by Gasteiger charge is 2.38. The van der Waals surface area contributed by atoms with Crippen molar-refractivity contribution >= 4 is 5.91 Å². The summed E-state index contributed by atoms with van der Waals surface area (Å²) in [6.45, 7) is 3.37. The van der Waals surface area contributed by atoms with E-state index >= 15 is 0 Å². The van der Waals surface area contributed by atoms with E-state index in [0.29, 0.717) is 25.9 Å². The Labute approximate surface area is 89.3 Å². The number of carbonyl (C=O) groups is 1. The zero-order valence-electron chi connectivity index (χ0n) is 8.99. The normalized spacial score (nSPS) is 25.7. The second-order valence-corrected chi connectivity index (χ2v) is 4.59. The summed E-state index contributed by atoms with van der Waals surface area (Å²) in [5.74, 6) is -0.352. The maximum Gasteiger partial charge on any atom is 0.239 e. The molecular formula is C10H18N2O3. The molecule has 0 radical (unpaired) electrons. The van der Waals surface area contributed by atoms with Crippen molar-refractivity contribution in [3.63, 3.8) is 0 Å². The van der Waals surface area contributed by atoms with Crippen LogP contribution in [0.25, 0.3) is 0 Å². The van der Waals surface area contributed by atoms with Crippen LogP contribution < -0.4 is 11.1 Å². The van der Waals surface area contributed by atoms with Gasteiger partial charge in [-0.2, -0.15) is 0 Å². The third-order valence-corrected chi connectivity index (χ3v) is 2.86. The molecule has 15 heavy (non-hydrogen) atoms. The van der Waals surface area contributed by atoms with E-state index < -0.39 is 5.54 Å². The largest absolute Gasteiger partial charge is 0.376 e. The quantitative estimate of drug-likeness (QED) is 0.619. The molecule has 0 aromatic heterocycles. The van der Waals surface area contributed by atoms with Gasteiger partial charge in [-0.25, -0.2) is 0 Å². The van der Waals surface area contributed by atoms with Gasteiger partial charge in [0.1, 0.15) is 11.6 Å². The van der Waals surface area contributed by atoms with Crippen molar-refractivity contribution in [3.8, 4) is 0 Å². The molecule has 0 aromatic rings. The molecule has 2 fully saturated rings. The zero-order valence-corrected chi connectivity index (χ0v) is 8.99. The van der Waals surface area contributed by atoms with Gasteiger partial charge in [0.15, 0.2) is 0 Å². The lowest BCUT2D eigenvalue weighted by Gasteiger charge is -2.32. The van der Waals surface area contributed by atoms with Gasteiger partial charge in [0.2, 0.25) is 5.91 Å². The van der Waals surface area contributed by atoms with Crippen molar-refractivity contribution in [2.24, 2.45) is 5.73 Å². The van der Waals surface area contributed by atoms with Crippen LogP contribution in [-0.4, -0.2) is 43.4 Å². The number of ether oxygens (including phenoxy) is 2. The Bertz CT molecular complexity index is 251. The fraction of sp³-hybridized carbons (Fsp3) is 0.900. The van der Waals surface area contributed by atoms with Crippen molar-refractivity contribution < 1.29 is 14.3 Å². The molecule has 1 aliphatic heterocycles. The van der Waals surface area contributed by atoms with Crippen molar-refractivity contribution in [2.75, 3.05) is 19.8 Å². The first-order valence-corrected chi connectivity index (χ1v) is 5.37. The van der Waals surface area contributed by atoms with Crippen LogP contribution in [0, 0.1) is 0 Å². The molecule has 1 atom stereocenters. The standard InChI is InChI=1S/C10H18N2O3/c1-10(9(11)13,12-7-2-3-7)6-15-8-4-14-5-8/h7-8,12H,2-6H2,1H3,(H2,11,13). The summed E-state index contributed by atoms with van der Waals surface area (Å²) in [4.78, 5) is 11.4. The molecule has 86 valence electrons. The molecule has 5 heteroatoms. The predicted octanol–water partition coefficient (Wildman–Crippen LogP) is -0.602. The zero-order chi connectivity index (χ0) is 10.9. The smallest absolute Gasteiger partial charge is 0.239 e. The summed E-state index contributed by atoms with van der Waals surface area (Å²) in [6.07, 6.45) is 2.37. The summed E-state index contributed by atoms with van der Waals surface area (Å²) >= 11 is 0. The van der Waals surface area contributed by atoms with E-state index in [1.54, 1.807) is 6.92 Å². The molecule has 1 heterocycles. The lowest BCUT2D eigenvalue weighted by molar-refractivity contribution is -0.148. The second kappa shape index (κ2) is 4.08. The number of nitrogens with two attached hydrogens (primary N) is 1. The van der Waals surface area contributed by atoms with E-state index in [0.717, 1.165) is 12.8 Å². The van der Waals surface area contributed by atoms with Gasteiger partial charge < -0.3 is 15.2 Å². The molecule has 1 aliphatic carbocycles. The molecule has 2 rings (SSSR count). The highest BCUT2D eigenvalue weighted by atomic mass is 16.6. The first-order chi connectivity index (χ1) is 7.10. The molecule has 0 spiro atoms. The Morgan fingerprint density at radius 1 is 1.60 bits per heavy atom. The number of nitrogens with one attached hydrogen (secondary N) is 1. The lowest BCUT2D eigenvalue weighted by atomic mass is 10.0. The van der Waals surface area contributed by atoms with Gasteiger partial charge in [0.25, 0.3) is 0 Å². The van der Waals surface area contributed by atoms with E-state index in [1.807, 2.05) is 0 Å². The Hall–Kier alpha value is -0.650. The van der Waals surface area contributed by atoms with Gasteiger partial charge in [0.05, 0.1) is 19.8 Å². The third kappa shape index (κ3) is 2.68. The Balaban J connectivity index is 1.82. The minimum atomic E-state index is -0.739. The Kier molecular flexibility index (Phi) is 2.95. The van der Waals surface area contributed by atoms with Crippen molar-refractivity contribution in [1.82, 2.24) is 5.32 Å². The summed E-state index contributed by atoms with van der Waals surface area (Å²) in [7, 11) is 0. The summed E-state index contributed by atoms with van der Waals surface area (Å²) in [6, 6.07) is 0.434. The van der Waals surface area contributed by atoms with Gasteiger partial charge >= 0.3 is 0 Å². The lowest BCUT2D eigenvalue weighted by Crippen LogP contribution is -2.58. The summed E-state index contributed by atoms with van der Waals surface area (Å²) in [5, 5.41) is 3.23. The Morgan fingerprint density at radius 2 is 2.27 bits per heavy atom. The van der Waals surface area contributed by atoms with E-state index in [9.17, 15) is 4.79 Å². The maximum atomic E-state index is 11.4. The molecule has 1 unspecified atom stereocenters. The number of hydrogen-bond acceptors (Lipinski definition) is 4. The van der Waals surface area contributed by atoms with E-state index in [4.69, 9.17) is 15.2 Å². The topological polar surface area (TPSA) is 73.6 Å². The molecule has 1 saturated heterocycles. The molecule has 5 nitrogen and oxygen atoms in total. The average molecular weight is 214 g/mol. The summed E-state index contributed by atoms with van der Waals surface area (Å²) < 4.78 is 10.5. The van der Waals surface area contributed by atoms with Crippen molar-refractivity contribution in [2.45, 2.75) is 37.5 Å². The number of amides is 1. The minimum Gasteiger partial charge on any atom is -0.376 e. The van der Waals surface area contributed by atoms with Crippen molar-refractivity contribution in [3.05, 3.63) is 0 Å². The van der Waals surface area contributed by atoms with Crippen LogP contribution in [0.3, 0.4) is 0 Å². The highest BCUT2D eigenvalue weighted by Crippen LogP contribution is 2.23. The van der Waals surface area contributed by atoms with Crippen LogP contribution in [0.2, 0.25) is 0 Å².